The lowest BCUT2D eigenvalue weighted by Gasteiger charge is -2.11. The zero-order valence-electron chi connectivity index (χ0n) is 8.81. The lowest BCUT2D eigenvalue weighted by atomic mass is 10.3. The normalized spacial score (nSPS) is 11.6. The first-order chi connectivity index (χ1) is 8.28. The van der Waals surface area contributed by atoms with Gasteiger partial charge in [-0.25, -0.2) is 17.2 Å². The van der Waals surface area contributed by atoms with Crippen LogP contribution in [0.25, 0.3) is 0 Å². The highest BCUT2D eigenvalue weighted by molar-refractivity contribution is 14.1. The summed E-state index contributed by atoms with van der Waals surface area (Å²) in [5.74, 6) is -2.82. The van der Waals surface area contributed by atoms with Crippen LogP contribution in [0.4, 0.5) is 18.9 Å². The van der Waals surface area contributed by atoms with Crippen LogP contribution in [0, 0.1) is 15.2 Å². The van der Waals surface area contributed by atoms with Gasteiger partial charge in [-0.1, -0.05) is 11.6 Å². The highest BCUT2D eigenvalue weighted by Gasteiger charge is 2.19. The monoisotopic (exact) mass is 413 g/mol. The van der Waals surface area contributed by atoms with Crippen molar-refractivity contribution in [1.29, 1.82) is 0 Å². The van der Waals surface area contributed by atoms with Gasteiger partial charge in [0.2, 0.25) is 10.0 Å². The average Bonchev–Trinajstić information content (AvgIpc) is 2.30. The summed E-state index contributed by atoms with van der Waals surface area (Å²) in [6.45, 7) is -0.788. The van der Waals surface area contributed by atoms with Gasteiger partial charge in [0.25, 0.3) is 0 Å². The first kappa shape index (κ1) is 15.8. The quantitative estimate of drug-likeness (QED) is 0.457. The number of halogens is 5. The number of sulfonamides is 1. The van der Waals surface area contributed by atoms with Gasteiger partial charge < -0.3 is 0 Å². The molecule has 1 N–H and O–H groups in total. The Bertz CT molecular complexity index is 553. The van der Waals surface area contributed by atoms with E-state index in [4.69, 9.17) is 11.6 Å². The molecule has 1 aromatic carbocycles. The lowest BCUT2D eigenvalue weighted by molar-refractivity contribution is 0.484. The van der Waals surface area contributed by atoms with E-state index < -0.39 is 34.1 Å². The van der Waals surface area contributed by atoms with Crippen molar-refractivity contribution < 1.29 is 21.6 Å². The number of benzene rings is 1. The van der Waals surface area contributed by atoms with E-state index in [0.29, 0.717) is 6.07 Å². The molecule has 102 valence electrons. The van der Waals surface area contributed by atoms with Crippen molar-refractivity contribution in [2.75, 3.05) is 17.1 Å². The Kier molecular flexibility index (Phi) is 5.53. The average molecular weight is 414 g/mol. The summed E-state index contributed by atoms with van der Waals surface area (Å²) in [6, 6.07) is 0.646. The molecule has 0 radical (unpaired) electrons. The fraction of sp³-hybridized carbons (Fsp3) is 0.333. The molecule has 0 aromatic heterocycles. The van der Waals surface area contributed by atoms with Gasteiger partial charge in [-0.15, -0.1) is 0 Å². The Balaban J connectivity index is 3.06. The fourth-order valence-corrected chi connectivity index (χ4v) is 2.99. The van der Waals surface area contributed by atoms with Crippen LogP contribution in [0.1, 0.15) is 6.42 Å². The Morgan fingerprint density at radius 2 is 2.00 bits per heavy atom. The second-order valence-corrected chi connectivity index (χ2v) is 6.61. The Morgan fingerprint density at radius 1 is 1.39 bits per heavy atom. The molecule has 0 saturated heterocycles. The molecule has 1 aromatic rings. The largest absolute Gasteiger partial charge is 0.282 e. The molecular formula is C9H8ClF3INO2S. The molecule has 1 rings (SSSR count). The molecule has 0 unspecified atom stereocenters. The number of nitrogens with one attached hydrogen (secondary N) is 1. The summed E-state index contributed by atoms with van der Waals surface area (Å²) in [6.07, 6.45) is -0.187. The summed E-state index contributed by atoms with van der Waals surface area (Å²) >= 11 is 7.15. The van der Waals surface area contributed by atoms with E-state index in [1.807, 2.05) is 4.72 Å². The van der Waals surface area contributed by atoms with E-state index in [1.54, 1.807) is 0 Å². The van der Waals surface area contributed by atoms with Crippen LogP contribution in [-0.2, 0) is 10.0 Å². The first-order valence-electron chi connectivity index (χ1n) is 4.68. The van der Waals surface area contributed by atoms with Crippen molar-refractivity contribution in [3.8, 4) is 0 Å². The van der Waals surface area contributed by atoms with Gasteiger partial charge in [0.15, 0.2) is 11.6 Å². The number of rotatable bonds is 5. The third kappa shape index (κ3) is 3.89. The second kappa shape index (κ2) is 6.29. The maximum atomic E-state index is 13.1. The molecule has 18 heavy (non-hydrogen) atoms. The summed E-state index contributed by atoms with van der Waals surface area (Å²) in [4.78, 5) is 0. The van der Waals surface area contributed by atoms with E-state index in [2.05, 4.69) is 0 Å². The minimum absolute atomic E-state index is 0.187. The van der Waals surface area contributed by atoms with Crippen molar-refractivity contribution >= 4 is 49.9 Å². The smallest absolute Gasteiger partial charge is 0.232 e. The molecule has 0 bridgehead atoms. The number of hydrogen-bond acceptors (Lipinski definition) is 2. The van der Waals surface area contributed by atoms with Crippen molar-refractivity contribution in [2.24, 2.45) is 0 Å². The topological polar surface area (TPSA) is 46.2 Å². The molecule has 3 nitrogen and oxygen atoms in total. The summed E-state index contributed by atoms with van der Waals surface area (Å²) < 4.78 is 62.8. The second-order valence-electron chi connectivity index (χ2n) is 3.31. The van der Waals surface area contributed by atoms with E-state index in [1.165, 1.54) is 22.6 Å². The molecule has 0 heterocycles. The Morgan fingerprint density at radius 3 is 2.56 bits per heavy atom. The molecular weight excluding hydrogens is 406 g/mol. The van der Waals surface area contributed by atoms with Crippen LogP contribution in [0.2, 0.25) is 5.02 Å². The third-order valence-electron chi connectivity index (χ3n) is 1.91. The van der Waals surface area contributed by atoms with Crippen LogP contribution in [-0.4, -0.2) is 20.8 Å². The van der Waals surface area contributed by atoms with E-state index in [-0.39, 0.29) is 20.7 Å². The summed E-state index contributed by atoms with van der Waals surface area (Å²) in [5, 5.41) is -0.238. The maximum absolute atomic E-state index is 13.1. The van der Waals surface area contributed by atoms with Gasteiger partial charge in [0.05, 0.1) is 26.7 Å². The van der Waals surface area contributed by atoms with Crippen LogP contribution < -0.4 is 4.72 Å². The molecule has 0 aliphatic carbocycles. The predicted molar refractivity (Wildman–Crippen MR) is 72.1 cm³/mol. The highest BCUT2D eigenvalue weighted by Crippen LogP contribution is 2.31. The van der Waals surface area contributed by atoms with E-state index in [0.717, 1.165) is 0 Å². The van der Waals surface area contributed by atoms with Gasteiger partial charge in [-0.05, 0) is 29.0 Å². The Hall–Kier alpha value is -0.220. The van der Waals surface area contributed by atoms with E-state index in [9.17, 15) is 21.6 Å². The molecule has 0 spiro atoms. The maximum Gasteiger partial charge on any atom is 0.232 e. The Labute approximate surface area is 121 Å². The molecule has 0 aliphatic heterocycles. The zero-order valence-corrected chi connectivity index (χ0v) is 12.5. The van der Waals surface area contributed by atoms with E-state index >= 15 is 0 Å². The minimum atomic E-state index is -3.83. The summed E-state index contributed by atoms with van der Waals surface area (Å²) in [5.41, 5.74) is -0.265. The molecule has 0 fully saturated rings. The van der Waals surface area contributed by atoms with Crippen molar-refractivity contribution in [1.82, 2.24) is 0 Å². The SMILES string of the molecule is O=S(=O)(CCCF)Nc1cc(F)c(F)c(I)c1Cl. The predicted octanol–water partition coefficient (Wildman–Crippen LogP) is 3.32. The molecule has 0 aliphatic rings. The van der Waals surface area contributed by atoms with Gasteiger partial charge >= 0.3 is 0 Å². The molecule has 0 saturated carbocycles. The minimum Gasteiger partial charge on any atom is -0.282 e. The van der Waals surface area contributed by atoms with Gasteiger partial charge in [-0.3, -0.25) is 9.11 Å². The number of anilines is 1. The highest BCUT2D eigenvalue weighted by atomic mass is 127. The lowest BCUT2D eigenvalue weighted by Crippen LogP contribution is -2.18. The van der Waals surface area contributed by atoms with Crippen LogP contribution in [0.3, 0.4) is 0 Å². The van der Waals surface area contributed by atoms with Gasteiger partial charge in [0.1, 0.15) is 0 Å². The standard InChI is InChI=1S/C9H8ClF3INO2S/c10-7-6(4-5(12)8(13)9(7)14)15-18(16,17)3-1-2-11/h4,15H,1-3H2. The fourth-order valence-electron chi connectivity index (χ4n) is 1.11. The first-order valence-corrected chi connectivity index (χ1v) is 7.79. The number of hydrogen-bond donors (Lipinski definition) is 1. The third-order valence-corrected chi connectivity index (χ3v) is 5.00. The van der Waals surface area contributed by atoms with Crippen LogP contribution >= 0.6 is 34.2 Å². The van der Waals surface area contributed by atoms with Crippen molar-refractivity contribution in [3.63, 3.8) is 0 Å². The van der Waals surface area contributed by atoms with Gasteiger partial charge in [0, 0.05) is 6.07 Å². The van der Waals surface area contributed by atoms with Gasteiger partial charge in [-0.2, -0.15) is 0 Å². The molecule has 0 amide bonds. The zero-order chi connectivity index (χ0) is 13.9. The molecule has 9 heteroatoms. The number of alkyl halides is 1. The van der Waals surface area contributed by atoms with Crippen LogP contribution in [0.5, 0.6) is 0 Å². The molecule has 0 atom stereocenters. The van der Waals surface area contributed by atoms with Crippen molar-refractivity contribution in [3.05, 3.63) is 26.3 Å². The van der Waals surface area contributed by atoms with Crippen molar-refractivity contribution in [2.45, 2.75) is 6.42 Å². The summed E-state index contributed by atoms with van der Waals surface area (Å²) in [7, 11) is -3.83. The van der Waals surface area contributed by atoms with Crippen LogP contribution in [0.15, 0.2) is 6.07 Å².